The van der Waals surface area contributed by atoms with Gasteiger partial charge in [-0.3, -0.25) is 0 Å². The summed E-state index contributed by atoms with van der Waals surface area (Å²) in [5.41, 5.74) is 4.24. The van der Waals surface area contributed by atoms with Gasteiger partial charge in [0.25, 0.3) is 0 Å². The summed E-state index contributed by atoms with van der Waals surface area (Å²) in [5, 5.41) is 12.4. The van der Waals surface area contributed by atoms with E-state index in [0.29, 0.717) is 11.8 Å². The van der Waals surface area contributed by atoms with Gasteiger partial charge in [0.15, 0.2) is 0 Å². The molecule has 1 saturated carbocycles. The summed E-state index contributed by atoms with van der Waals surface area (Å²) in [4.78, 5) is 0. The van der Waals surface area contributed by atoms with Crippen LogP contribution in [0.3, 0.4) is 0 Å². The number of hydrogen-bond acceptors (Lipinski definition) is 3. The molecule has 5 rings (SSSR count). The van der Waals surface area contributed by atoms with E-state index in [2.05, 4.69) is 43.9 Å². The Morgan fingerprint density at radius 1 is 0.947 bits per heavy atom. The van der Waals surface area contributed by atoms with Crippen LogP contribution in [0.1, 0.15) is 118 Å². The zero-order chi connectivity index (χ0) is 26.9. The molecule has 1 aliphatic heterocycles. The minimum absolute atomic E-state index is 0.0266. The molecule has 4 atom stereocenters. The molecule has 0 aromatic carbocycles. The van der Waals surface area contributed by atoms with Crippen LogP contribution in [-0.4, -0.2) is 48.1 Å². The van der Waals surface area contributed by atoms with E-state index in [4.69, 9.17) is 9.47 Å². The first kappa shape index (κ1) is 29.4. The number of allylic oxidation sites excluding steroid dienone is 3. The van der Waals surface area contributed by atoms with E-state index in [-0.39, 0.29) is 11.2 Å². The van der Waals surface area contributed by atoms with Gasteiger partial charge in [-0.2, -0.15) is 0 Å². The standard InChI is InChI=1S/C22H29O3.3C4H9.Sn/c1-3-21(23)10-8-19-18-5-4-15-14-22(24-12-13-25-22)11-7-16(15)17(18)6-9-20(19,21)2;3*1-3-4-2;/h1,3,6,18-19,23H,4-5,7-14H2,2H3;3*1,3-4H2,2H3;/t18-,19+,20+,21+;;;;/m1..../s1. The van der Waals surface area contributed by atoms with Gasteiger partial charge in [-0.25, -0.2) is 0 Å². The normalized spacial score (nSPS) is 34.5. The van der Waals surface area contributed by atoms with Crippen molar-refractivity contribution in [3.8, 4) is 0 Å². The molecule has 1 spiro atoms. The fraction of sp³-hybridized carbons (Fsp3) is 0.824. The molecule has 0 aromatic rings. The Morgan fingerprint density at radius 3 is 2.24 bits per heavy atom. The Labute approximate surface area is 237 Å². The molecule has 5 aliphatic rings. The molecule has 3 nitrogen and oxygen atoms in total. The van der Waals surface area contributed by atoms with Gasteiger partial charge in [0.1, 0.15) is 0 Å². The van der Waals surface area contributed by atoms with E-state index in [9.17, 15) is 5.11 Å². The van der Waals surface area contributed by atoms with Crippen molar-refractivity contribution >= 4 is 18.4 Å². The van der Waals surface area contributed by atoms with E-state index in [0.717, 1.165) is 45.3 Å². The van der Waals surface area contributed by atoms with Crippen LogP contribution in [0.15, 0.2) is 33.0 Å². The third-order valence-corrected chi connectivity index (χ3v) is 25.7. The van der Waals surface area contributed by atoms with E-state index >= 15 is 0 Å². The van der Waals surface area contributed by atoms with Crippen molar-refractivity contribution in [1.29, 1.82) is 0 Å². The van der Waals surface area contributed by atoms with Crippen LogP contribution < -0.4 is 0 Å². The first-order chi connectivity index (χ1) is 18.3. The van der Waals surface area contributed by atoms with E-state index in [1.165, 1.54) is 71.1 Å². The van der Waals surface area contributed by atoms with Gasteiger partial charge in [0, 0.05) is 0 Å². The van der Waals surface area contributed by atoms with Crippen molar-refractivity contribution in [2.24, 2.45) is 17.3 Å². The molecule has 1 saturated heterocycles. The third-order valence-electron chi connectivity index (χ3n) is 11.7. The van der Waals surface area contributed by atoms with Crippen molar-refractivity contribution in [3.63, 3.8) is 0 Å². The van der Waals surface area contributed by atoms with Crippen LogP contribution in [0, 0.1) is 17.3 Å². The second kappa shape index (κ2) is 12.0. The van der Waals surface area contributed by atoms with Gasteiger partial charge in [-0.15, -0.1) is 0 Å². The first-order valence-electron chi connectivity index (χ1n) is 16.5. The maximum atomic E-state index is 12.4. The summed E-state index contributed by atoms with van der Waals surface area (Å²) in [5.74, 6) is 0.912. The third kappa shape index (κ3) is 5.41. The summed E-state index contributed by atoms with van der Waals surface area (Å²) in [7, 11) is 0. The van der Waals surface area contributed by atoms with E-state index in [1.807, 2.05) is 0 Å². The zero-order valence-corrected chi connectivity index (χ0v) is 27.9. The molecule has 38 heavy (non-hydrogen) atoms. The predicted octanol–water partition coefficient (Wildman–Crippen LogP) is 9.04. The fourth-order valence-electron chi connectivity index (χ4n) is 9.14. The number of aliphatic hydroxyl groups is 1. The Balaban J connectivity index is 1.39. The zero-order valence-electron chi connectivity index (χ0n) is 25.1. The van der Waals surface area contributed by atoms with Crippen LogP contribution in [0.4, 0.5) is 0 Å². The number of fused-ring (bicyclic) bond motifs is 4. The van der Waals surface area contributed by atoms with E-state index < -0.39 is 24.0 Å². The monoisotopic (exact) mass is 632 g/mol. The molecule has 1 N–H and O–H groups in total. The second-order valence-corrected chi connectivity index (χ2v) is 26.9. The summed E-state index contributed by atoms with van der Waals surface area (Å²) >= 11 is -2.44. The second-order valence-electron chi connectivity index (χ2n) is 13.9. The van der Waals surface area contributed by atoms with Crippen molar-refractivity contribution < 1.29 is 14.6 Å². The number of rotatable bonds is 11. The molecule has 1 heterocycles. The fourth-order valence-corrected chi connectivity index (χ4v) is 23.6. The van der Waals surface area contributed by atoms with Gasteiger partial charge in [0.2, 0.25) is 0 Å². The molecule has 0 aromatic heterocycles. The molecule has 4 aliphatic carbocycles. The van der Waals surface area contributed by atoms with Crippen molar-refractivity contribution in [2.75, 3.05) is 13.2 Å². The molecular weight excluding hydrogens is 575 g/mol. The Morgan fingerprint density at radius 2 is 1.61 bits per heavy atom. The minimum atomic E-state index is -2.44. The average Bonchev–Trinajstić information content (AvgIpc) is 3.49. The first-order valence-corrected chi connectivity index (χ1v) is 24.2. The van der Waals surface area contributed by atoms with Crippen LogP contribution >= 0.6 is 0 Å². The molecule has 0 amide bonds. The molecule has 2 fully saturated rings. The molecule has 4 heteroatoms. The summed E-state index contributed by atoms with van der Waals surface area (Å²) in [6.45, 7) is 11.0. The molecular formula is C34H56O3Sn. The topological polar surface area (TPSA) is 38.7 Å². The number of hydrogen-bond donors (Lipinski definition) is 1. The van der Waals surface area contributed by atoms with Crippen LogP contribution in [0.25, 0.3) is 0 Å². The van der Waals surface area contributed by atoms with Crippen LogP contribution in [0.2, 0.25) is 13.3 Å². The van der Waals surface area contributed by atoms with Crippen molar-refractivity contribution in [1.82, 2.24) is 0 Å². The molecule has 0 bridgehead atoms. The Hall–Kier alpha value is -0.101. The van der Waals surface area contributed by atoms with Crippen molar-refractivity contribution in [2.45, 2.75) is 142 Å². The summed E-state index contributed by atoms with van der Waals surface area (Å²) < 4.78 is 19.4. The van der Waals surface area contributed by atoms with Gasteiger partial charge in [-0.05, 0) is 0 Å². The van der Waals surface area contributed by atoms with Crippen molar-refractivity contribution in [3.05, 3.63) is 33.0 Å². The molecule has 0 unspecified atom stereocenters. The van der Waals surface area contributed by atoms with Crippen LogP contribution in [-0.2, 0) is 9.47 Å². The summed E-state index contributed by atoms with van der Waals surface area (Å²) in [6, 6.07) is 0. The summed E-state index contributed by atoms with van der Waals surface area (Å²) in [6.07, 6.45) is 21.8. The SMILES string of the molecule is CCC[CH2][Sn](/[CH]=C/[C@]1(O)CC[C@H]2[C@@H]3CCC4=C(CCC5(C4)OCCO5)C3=CC[C@@]21C)([CH2]CCC)[CH2]CCC. The average molecular weight is 632 g/mol. The van der Waals surface area contributed by atoms with E-state index in [1.54, 1.807) is 16.7 Å². The Bertz CT molecular complexity index is 906. The van der Waals surface area contributed by atoms with Gasteiger partial charge in [0.05, 0.1) is 13.2 Å². The Kier molecular flexibility index (Phi) is 9.30. The maximum absolute atomic E-state index is 12.4. The number of unbranched alkanes of at least 4 members (excludes halogenated alkanes) is 3. The van der Waals surface area contributed by atoms with Crippen LogP contribution in [0.5, 0.6) is 0 Å². The molecule has 0 radical (unpaired) electrons. The number of ether oxygens (including phenoxy) is 2. The predicted molar refractivity (Wildman–Crippen MR) is 161 cm³/mol. The van der Waals surface area contributed by atoms with Gasteiger partial charge < -0.3 is 0 Å². The van der Waals surface area contributed by atoms with Gasteiger partial charge in [-0.1, -0.05) is 0 Å². The quantitative estimate of drug-likeness (QED) is 0.231. The molecule has 214 valence electrons. The van der Waals surface area contributed by atoms with Gasteiger partial charge >= 0.3 is 225 Å².